The molecular formula is C15H18N4O. The standard InChI is InChI=1S/C15H18N4O/c1-12-2-3-14(17-11-12)19-7-4-13(10-15(19)20)18-8-5-16-6-9-18/h2-4,7,10-11,16H,5-6,8-9H2,1H3. The van der Waals surface area contributed by atoms with Gasteiger partial charge in [0.1, 0.15) is 5.82 Å². The molecule has 0 bridgehead atoms. The maximum Gasteiger partial charge on any atom is 0.258 e. The second kappa shape index (κ2) is 5.46. The third kappa shape index (κ3) is 2.58. The largest absolute Gasteiger partial charge is 0.369 e. The Morgan fingerprint density at radius 1 is 1.20 bits per heavy atom. The van der Waals surface area contributed by atoms with Crippen LogP contribution >= 0.6 is 0 Å². The fourth-order valence-corrected chi connectivity index (χ4v) is 2.38. The number of piperazine rings is 1. The van der Waals surface area contributed by atoms with Gasteiger partial charge in [0.15, 0.2) is 0 Å². The average molecular weight is 270 g/mol. The summed E-state index contributed by atoms with van der Waals surface area (Å²) in [6, 6.07) is 7.49. The van der Waals surface area contributed by atoms with Crippen LogP contribution in [0.25, 0.3) is 5.82 Å². The molecule has 0 unspecified atom stereocenters. The third-order valence-electron chi connectivity index (χ3n) is 3.53. The molecule has 1 saturated heterocycles. The van der Waals surface area contributed by atoms with Crippen LogP contribution in [0.5, 0.6) is 0 Å². The lowest BCUT2D eigenvalue weighted by molar-refractivity contribution is 0.588. The van der Waals surface area contributed by atoms with Gasteiger partial charge in [0.05, 0.1) is 0 Å². The smallest absolute Gasteiger partial charge is 0.258 e. The first-order chi connectivity index (χ1) is 9.74. The zero-order chi connectivity index (χ0) is 13.9. The highest BCUT2D eigenvalue weighted by molar-refractivity contribution is 5.46. The molecule has 1 N–H and O–H groups in total. The van der Waals surface area contributed by atoms with Gasteiger partial charge in [0.25, 0.3) is 5.56 Å². The molecule has 1 fully saturated rings. The number of anilines is 1. The lowest BCUT2D eigenvalue weighted by atomic mass is 10.3. The van der Waals surface area contributed by atoms with Crippen molar-refractivity contribution < 1.29 is 0 Å². The van der Waals surface area contributed by atoms with E-state index in [9.17, 15) is 4.79 Å². The van der Waals surface area contributed by atoms with E-state index in [1.807, 2.05) is 25.1 Å². The Hall–Kier alpha value is -2.14. The van der Waals surface area contributed by atoms with Crippen LogP contribution in [-0.4, -0.2) is 35.7 Å². The summed E-state index contributed by atoms with van der Waals surface area (Å²) in [4.78, 5) is 18.8. The molecule has 1 aliphatic heterocycles. The predicted octanol–water partition coefficient (Wildman–Crippen LogP) is 0.951. The molecule has 3 heterocycles. The van der Waals surface area contributed by atoms with Crippen molar-refractivity contribution in [2.75, 3.05) is 31.1 Å². The molecule has 0 aromatic carbocycles. The van der Waals surface area contributed by atoms with E-state index in [-0.39, 0.29) is 5.56 Å². The van der Waals surface area contributed by atoms with Gasteiger partial charge in [-0.05, 0) is 24.6 Å². The first kappa shape index (κ1) is 12.9. The number of nitrogens with one attached hydrogen (secondary N) is 1. The monoisotopic (exact) mass is 270 g/mol. The van der Waals surface area contributed by atoms with Gasteiger partial charge < -0.3 is 10.2 Å². The van der Waals surface area contributed by atoms with Crippen molar-refractivity contribution in [3.05, 3.63) is 52.6 Å². The Morgan fingerprint density at radius 2 is 2.00 bits per heavy atom. The third-order valence-corrected chi connectivity index (χ3v) is 3.53. The Balaban J connectivity index is 1.91. The van der Waals surface area contributed by atoms with Crippen LogP contribution in [0.1, 0.15) is 5.56 Å². The zero-order valence-corrected chi connectivity index (χ0v) is 11.5. The van der Waals surface area contributed by atoms with Crippen LogP contribution in [0, 0.1) is 6.92 Å². The van der Waals surface area contributed by atoms with Gasteiger partial charge in [-0.2, -0.15) is 0 Å². The summed E-state index contributed by atoms with van der Waals surface area (Å²) in [6.07, 6.45) is 3.57. The van der Waals surface area contributed by atoms with E-state index in [2.05, 4.69) is 15.2 Å². The summed E-state index contributed by atoms with van der Waals surface area (Å²) in [6.45, 7) is 5.77. The topological polar surface area (TPSA) is 50.2 Å². The molecule has 3 rings (SSSR count). The number of rotatable bonds is 2. The zero-order valence-electron chi connectivity index (χ0n) is 11.5. The molecule has 5 heteroatoms. The van der Waals surface area contributed by atoms with Crippen LogP contribution in [0.2, 0.25) is 0 Å². The molecule has 0 radical (unpaired) electrons. The number of aryl methyl sites for hydroxylation is 1. The van der Waals surface area contributed by atoms with Gasteiger partial charge in [0.2, 0.25) is 0 Å². The maximum absolute atomic E-state index is 12.2. The van der Waals surface area contributed by atoms with Crippen LogP contribution < -0.4 is 15.8 Å². The van der Waals surface area contributed by atoms with Crippen molar-refractivity contribution in [2.45, 2.75) is 6.92 Å². The minimum Gasteiger partial charge on any atom is -0.369 e. The van der Waals surface area contributed by atoms with Crippen LogP contribution in [0.3, 0.4) is 0 Å². The second-order valence-electron chi connectivity index (χ2n) is 5.02. The number of pyridine rings is 2. The van der Waals surface area contributed by atoms with Crippen LogP contribution in [-0.2, 0) is 0 Å². The van der Waals surface area contributed by atoms with E-state index < -0.39 is 0 Å². The molecular weight excluding hydrogens is 252 g/mol. The van der Waals surface area contributed by atoms with Crippen LogP contribution in [0.4, 0.5) is 5.69 Å². The number of nitrogens with zero attached hydrogens (tertiary/aromatic N) is 3. The second-order valence-corrected chi connectivity index (χ2v) is 5.02. The summed E-state index contributed by atoms with van der Waals surface area (Å²) >= 11 is 0. The molecule has 0 spiro atoms. The molecule has 20 heavy (non-hydrogen) atoms. The molecule has 0 atom stereocenters. The van der Waals surface area contributed by atoms with Crippen molar-refractivity contribution in [1.29, 1.82) is 0 Å². The molecule has 2 aromatic rings. The molecule has 0 amide bonds. The highest BCUT2D eigenvalue weighted by Gasteiger charge is 2.11. The SMILES string of the molecule is Cc1ccc(-n2ccc(N3CCNCC3)cc2=O)nc1. The number of hydrogen-bond acceptors (Lipinski definition) is 4. The Labute approximate surface area is 117 Å². The van der Waals surface area contributed by atoms with Gasteiger partial charge in [-0.15, -0.1) is 0 Å². The van der Waals surface area contributed by atoms with Crippen LogP contribution in [0.15, 0.2) is 41.5 Å². The first-order valence-electron chi connectivity index (χ1n) is 6.85. The molecule has 0 saturated carbocycles. The first-order valence-corrected chi connectivity index (χ1v) is 6.85. The van der Waals surface area contributed by atoms with Gasteiger partial charge in [-0.1, -0.05) is 6.07 Å². The van der Waals surface area contributed by atoms with E-state index in [4.69, 9.17) is 0 Å². The minimum absolute atomic E-state index is 0.0441. The average Bonchev–Trinajstić information content (AvgIpc) is 2.49. The van der Waals surface area contributed by atoms with E-state index in [1.165, 1.54) is 0 Å². The van der Waals surface area contributed by atoms with Gasteiger partial charge in [-0.25, -0.2) is 4.98 Å². The number of hydrogen-bond donors (Lipinski definition) is 1. The molecule has 104 valence electrons. The lowest BCUT2D eigenvalue weighted by Crippen LogP contribution is -2.43. The number of aromatic nitrogens is 2. The fraction of sp³-hybridized carbons (Fsp3) is 0.333. The van der Waals surface area contributed by atoms with Crippen molar-refractivity contribution in [3.8, 4) is 5.82 Å². The fourth-order valence-electron chi connectivity index (χ4n) is 2.38. The Morgan fingerprint density at radius 3 is 2.65 bits per heavy atom. The highest BCUT2D eigenvalue weighted by Crippen LogP contribution is 2.12. The molecule has 1 aliphatic rings. The summed E-state index contributed by atoms with van der Waals surface area (Å²) in [5, 5.41) is 3.31. The summed E-state index contributed by atoms with van der Waals surface area (Å²) in [5.41, 5.74) is 2.02. The van der Waals surface area contributed by atoms with E-state index >= 15 is 0 Å². The quantitative estimate of drug-likeness (QED) is 0.883. The van der Waals surface area contributed by atoms with E-state index in [0.29, 0.717) is 5.82 Å². The normalized spacial score (nSPS) is 15.3. The van der Waals surface area contributed by atoms with E-state index in [0.717, 1.165) is 37.4 Å². The van der Waals surface area contributed by atoms with E-state index in [1.54, 1.807) is 23.0 Å². The van der Waals surface area contributed by atoms with Crippen molar-refractivity contribution in [3.63, 3.8) is 0 Å². The molecule has 0 aliphatic carbocycles. The highest BCUT2D eigenvalue weighted by atomic mass is 16.1. The predicted molar refractivity (Wildman–Crippen MR) is 79.7 cm³/mol. The summed E-state index contributed by atoms with van der Waals surface area (Å²) < 4.78 is 1.57. The van der Waals surface area contributed by atoms with Gasteiger partial charge in [0, 0.05) is 50.3 Å². The summed E-state index contributed by atoms with van der Waals surface area (Å²) in [7, 11) is 0. The van der Waals surface area contributed by atoms with Gasteiger partial charge >= 0.3 is 0 Å². The Kier molecular flexibility index (Phi) is 3.52. The van der Waals surface area contributed by atoms with Crippen molar-refractivity contribution >= 4 is 5.69 Å². The Bertz CT molecular complexity index is 642. The van der Waals surface area contributed by atoms with Crippen molar-refractivity contribution in [1.82, 2.24) is 14.9 Å². The summed E-state index contributed by atoms with van der Waals surface area (Å²) in [5.74, 6) is 0.660. The van der Waals surface area contributed by atoms with Crippen molar-refractivity contribution in [2.24, 2.45) is 0 Å². The van der Waals surface area contributed by atoms with Gasteiger partial charge in [-0.3, -0.25) is 9.36 Å². The maximum atomic E-state index is 12.2. The minimum atomic E-state index is -0.0441. The molecule has 2 aromatic heterocycles. The molecule has 5 nitrogen and oxygen atoms in total. The lowest BCUT2D eigenvalue weighted by Gasteiger charge is -2.29.